The van der Waals surface area contributed by atoms with Crippen LogP contribution in [0.2, 0.25) is 5.28 Å². The van der Waals surface area contributed by atoms with E-state index in [1.165, 1.54) is 6.92 Å². The van der Waals surface area contributed by atoms with Gasteiger partial charge in [0.15, 0.2) is 0 Å². The maximum absolute atomic E-state index is 10.9. The molecule has 94 valence electrons. The summed E-state index contributed by atoms with van der Waals surface area (Å²) in [5, 5.41) is 13.9. The first-order valence-electron chi connectivity index (χ1n) is 5.28. The van der Waals surface area contributed by atoms with E-state index in [1.807, 2.05) is 20.8 Å². The zero-order valence-corrected chi connectivity index (χ0v) is 10.9. The van der Waals surface area contributed by atoms with Crippen molar-refractivity contribution in [3.63, 3.8) is 0 Å². The first-order chi connectivity index (χ1) is 7.82. The average Bonchev–Trinajstić information content (AvgIpc) is 2.14. The van der Waals surface area contributed by atoms with Crippen LogP contribution in [-0.2, 0) is 0 Å². The number of aryl methyl sites for hydroxylation is 1. The van der Waals surface area contributed by atoms with Crippen LogP contribution >= 0.6 is 11.6 Å². The molecule has 1 atom stereocenters. The highest BCUT2D eigenvalue weighted by molar-refractivity contribution is 6.28. The average molecular weight is 259 g/mol. The van der Waals surface area contributed by atoms with Crippen LogP contribution in [0.1, 0.15) is 26.5 Å². The van der Waals surface area contributed by atoms with Gasteiger partial charge in [-0.2, -0.15) is 4.98 Å². The Bertz CT molecular complexity index is 437. The van der Waals surface area contributed by atoms with Crippen LogP contribution in [0.15, 0.2) is 0 Å². The summed E-state index contributed by atoms with van der Waals surface area (Å²) in [4.78, 5) is 18.1. The molecule has 0 aromatic carbocycles. The van der Waals surface area contributed by atoms with Gasteiger partial charge < -0.3 is 5.32 Å². The lowest BCUT2D eigenvalue weighted by molar-refractivity contribution is -0.385. The summed E-state index contributed by atoms with van der Waals surface area (Å²) in [6.07, 6.45) is 0. The van der Waals surface area contributed by atoms with E-state index in [4.69, 9.17) is 11.6 Å². The molecule has 1 aromatic heterocycles. The standard InChI is InChI=1S/C10H15ClN4O2/c1-5(2)6(3)12-9-8(15(16)17)7(4)13-10(11)14-9/h5-6H,1-4H3,(H,12,13,14). The Morgan fingerprint density at radius 3 is 2.41 bits per heavy atom. The molecule has 1 unspecified atom stereocenters. The summed E-state index contributed by atoms with van der Waals surface area (Å²) in [6, 6.07) is 0.0547. The molecule has 0 aliphatic heterocycles. The Hall–Kier alpha value is -1.43. The van der Waals surface area contributed by atoms with E-state index in [2.05, 4.69) is 15.3 Å². The highest BCUT2D eigenvalue weighted by Gasteiger charge is 2.23. The molecule has 0 saturated carbocycles. The van der Waals surface area contributed by atoms with Gasteiger partial charge in [-0.05, 0) is 31.4 Å². The predicted octanol–water partition coefficient (Wildman–Crippen LogP) is 2.80. The van der Waals surface area contributed by atoms with E-state index in [0.29, 0.717) is 5.92 Å². The predicted molar refractivity (Wildman–Crippen MR) is 66.4 cm³/mol. The molecule has 0 saturated heterocycles. The molecule has 1 N–H and O–H groups in total. The Labute approximate surface area is 105 Å². The van der Waals surface area contributed by atoms with Gasteiger partial charge in [0.05, 0.1) is 4.92 Å². The molecule has 0 amide bonds. The van der Waals surface area contributed by atoms with Gasteiger partial charge in [-0.1, -0.05) is 13.8 Å². The molecule has 1 heterocycles. The van der Waals surface area contributed by atoms with Crippen LogP contribution in [0.25, 0.3) is 0 Å². The van der Waals surface area contributed by atoms with Gasteiger partial charge >= 0.3 is 5.69 Å². The minimum Gasteiger partial charge on any atom is -0.361 e. The van der Waals surface area contributed by atoms with Crippen molar-refractivity contribution in [3.05, 3.63) is 21.1 Å². The first-order valence-corrected chi connectivity index (χ1v) is 5.65. The highest BCUT2D eigenvalue weighted by atomic mass is 35.5. The zero-order chi connectivity index (χ0) is 13.2. The number of hydrogen-bond donors (Lipinski definition) is 1. The highest BCUT2D eigenvalue weighted by Crippen LogP contribution is 2.27. The van der Waals surface area contributed by atoms with Crippen LogP contribution < -0.4 is 5.32 Å². The SMILES string of the molecule is Cc1nc(Cl)nc(NC(C)C(C)C)c1[N+](=O)[O-]. The number of anilines is 1. The number of rotatable bonds is 4. The fourth-order valence-electron chi connectivity index (χ4n) is 1.23. The second kappa shape index (κ2) is 5.27. The number of aromatic nitrogens is 2. The smallest absolute Gasteiger partial charge is 0.332 e. The summed E-state index contributed by atoms with van der Waals surface area (Å²) in [7, 11) is 0. The third kappa shape index (κ3) is 3.26. The van der Waals surface area contributed by atoms with E-state index >= 15 is 0 Å². The molecule has 0 radical (unpaired) electrons. The van der Waals surface area contributed by atoms with Crippen molar-refractivity contribution in [1.29, 1.82) is 0 Å². The van der Waals surface area contributed by atoms with E-state index < -0.39 is 4.92 Å². The molecule has 1 aromatic rings. The van der Waals surface area contributed by atoms with Crippen molar-refractivity contribution >= 4 is 23.1 Å². The fourth-order valence-corrected chi connectivity index (χ4v) is 1.45. The van der Waals surface area contributed by atoms with E-state index in [1.54, 1.807) is 0 Å². The summed E-state index contributed by atoms with van der Waals surface area (Å²) in [6.45, 7) is 7.50. The summed E-state index contributed by atoms with van der Waals surface area (Å²) < 4.78 is 0. The Kier molecular flexibility index (Phi) is 4.22. The minimum absolute atomic E-state index is 0.00607. The Balaban J connectivity index is 3.17. The van der Waals surface area contributed by atoms with Crippen molar-refractivity contribution in [1.82, 2.24) is 9.97 Å². The third-order valence-corrected chi connectivity index (χ3v) is 2.75. The van der Waals surface area contributed by atoms with Gasteiger partial charge in [-0.3, -0.25) is 10.1 Å². The molecule has 17 heavy (non-hydrogen) atoms. The lowest BCUT2D eigenvalue weighted by Gasteiger charge is -2.18. The molecule has 0 fully saturated rings. The lowest BCUT2D eigenvalue weighted by Crippen LogP contribution is -2.23. The van der Waals surface area contributed by atoms with Gasteiger partial charge in [0.25, 0.3) is 0 Å². The van der Waals surface area contributed by atoms with E-state index in [-0.39, 0.29) is 28.5 Å². The van der Waals surface area contributed by atoms with Crippen molar-refractivity contribution in [2.24, 2.45) is 5.92 Å². The first kappa shape index (κ1) is 13.6. The number of hydrogen-bond acceptors (Lipinski definition) is 5. The monoisotopic (exact) mass is 258 g/mol. The second-order valence-electron chi connectivity index (χ2n) is 4.21. The van der Waals surface area contributed by atoms with Crippen LogP contribution in [0.5, 0.6) is 0 Å². The number of nitro groups is 1. The fraction of sp³-hybridized carbons (Fsp3) is 0.600. The third-order valence-electron chi connectivity index (χ3n) is 2.58. The normalized spacial score (nSPS) is 12.6. The van der Waals surface area contributed by atoms with Gasteiger partial charge in [-0.15, -0.1) is 0 Å². The molecular formula is C10H15ClN4O2. The van der Waals surface area contributed by atoms with E-state index in [0.717, 1.165) is 0 Å². The van der Waals surface area contributed by atoms with Crippen molar-refractivity contribution < 1.29 is 4.92 Å². The lowest BCUT2D eigenvalue weighted by atomic mass is 10.1. The van der Waals surface area contributed by atoms with Crippen molar-refractivity contribution in [2.75, 3.05) is 5.32 Å². The second-order valence-corrected chi connectivity index (χ2v) is 4.55. The molecule has 1 rings (SSSR count). The van der Waals surface area contributed by atoms with Gasteiger partial charge in [0, 0.05) is 6.04 Å². The molecule has 0 aliphatic carbocycles. The van der Waals surface area contributed by atoms with Crippen LogP contribution in [0, 0.1) is 23.0 Å². The number of nitrogens with one attached hydrogen (secondary N) is 1. The quantitative estimate of drug-likeness (QED) is 0.510. The van der Waals surface area contributed by atoms with Crippen molar-refractivity contribution in [2.45, 2.75) is 33.7 Å². The molecule has 6 nitrogen and oxygen atoms in total. The summed E-state index contributed by atoms with van der Waals surface area (Å²) in [5.74, 6) is 0.498. The van der Waals surface area contributed by atoms with Crippen LogP contribution in [0.3, 0.4) is 0 Å². The zero-order valence-electron chi connectivity index (χ0n) is 10.2. The van der Waals surface area contributed by atoms with Gasteiger partial charge in [0.1, 0.15) is 5.69 Å². The van der Waals surface area contributed by atoms with E-state index in [9.17, 15) is 10.1 Å². The minimum atomic E-state index is -0.499. The molecule has 0 bridgehead atoms. The number of nitrogens with zero attached hydrogens (tertiary/aromatic N) is 3. The molecular weight excluding hydrogens is 244 g/mol. The molecule has 0 aliphatic rings. The molecule has 7 heteroatoms. The van der Waals surface area contributed by atoms with Gasteiger partial charge in [-0.25, -0.2) is 4.98 Å². The topological polar surface area (TPSA) is 81.0 Å². The van der Waals surface area contributed by atoms with Crippen LogP contribution in [0.4, 0.5) is 11.5 Å². The van der Waals surface area contributed by atoms with Crippen LogP contribution in [-0.4, -0.2) is 20.9 Å². The van der Waals surface area contributed by atoms with Gasteiger partial charge in [0.2, 0.25) is 11.1 Å². The maximum Gasteiger partial charge on any atom is 0.332 e. The number of halogens is 1. The van der Waals surface area contributed by atoms with Crippen molar-refractivity contribution in [3.8, 4) is 0 Å². The largest absolute Gasteiger partial charge is 0.361 e. The molecule has 0 spiro atoms. The summed E-state index contributed by atoms with van der Waals surface area (Å²) in [5.41, 5.74) is 0.135. The Morgan fingerprint density at radius 2 is 1.94 bits per heavy atom. The maximum atomic E-state index is 10.9. The summed E-state index contributed by atoms with van der Waals surface area (Å²) >= 11 is 5.70. The Morgan fingerprint density at radius 1 is 1.35 bits per heavy atom.